The first-order valence-electron chi connectivity index (χ1n) is 7.56. The van der Waals surface area contributed by atoms with Crippen LogP contribution in [0.3, 0.4) is 0 Å². The van der Waals surface area contributed by atoms with Crippen LogP contribution < -0.4 is 5.32 Å². The molecule has 4 rings (SSSR count). The topological polar surface area (TPSA) is 29.9 Å². The number of imidazole rings is 1. The van der Waals surface area contributed by atoms with Gasteiger partial charge in [-0.2, -0.15) is 0 Å². The molecule has 1 aliphatic heterocycles. The first-order valence-corrected chi connectivity index (χ1v) is 7.94. The number of halogens is 1. The highest BCUT2D eigenvalue weighted by atomic mass is 35.5. The minimum Gasteiger partial charge on any atom is -0.324 e. The second-order valence-corrected chi connectivity index (χ2v) is 6.92. The zero-order chi connectivity index (χ0) is 13.7. The van der Waals surface area contributed by atoms with E-state index in [2.05, 4.69) is 28.9 Å². The van der Waals surface area contributed by atoms with Crippen LogP contribution in [0.2, 0.25) is 5.02 Å². The van der Waals surface area contributed by atoms with Crippen molar-refractivity contribution in [3.63, 3.8) is 0 Å². The maximum absolute atomic E-state index is 6.19. The average Bonchev–Trinajstić information content (AvgIpc) is 3.20. The summed E-state index contributed by atoms with van der Waals surface area (Å²) in [6.07, 6.45) is 4.88. The second kappa shape index (κ2) is 4.47. The van der Waals surface area contributed by atoms with Crippen LogP contribution in [0.25, 0.3) is 11.0 Å². The van der Waals surface area contributed by atoms with Gasteiger partial charge in [-0.1, -0.05) is 18.5 Å². The molecule has 1 saturated heterocycles. The monoisotopic (exact) mass is 289 g/mol. The number of aromatic nitrogens is 2. The second-order valence-electron chi connectivity index (χ2n) is 6.48. The summed E-state index contributed by atoms with van der Waals surface area (Å²) in [7, 11) is 0. The van der Waals surface area contributed by atoms with Gasteiger partial charge in [0.15, 0.2) is 0 Å². The standard InChI is InChI=1S/C16H20ClN3/c1-16(6-8-18-9-7-16)15-19-13-5-2-11(17)10-14(13)20(15)12-3-4-12/h2,5,10,12,18H,3-4,6-9H2,1H3. The lowest BCUT2D eigenvalue weighted by atomic mass is 9.80. The highest BCUT2D eigenvalue weighted by molar-refractivity contribution is 6.31. The number of rotatable bonds is 2. The van der Waals surface area contributed by atoms with E-state index in [0.717, 1.165) is 36.5 Å². The molecule has 1 saturated carbocycles. The molecule has 0 spiro atoms. The van der Waals surface area contributed by atoms with E-state index in [4.69, 9.17) is 16.6 Å². The fourth-order valence-corrected chi connectivity index (χ4v) is 3.56. The van der Waals surface area contributed by atoms with Crippen LogP contribution in [0, 0.1) is 0 Å². The van der Waals surface area contributed by atoms with Crippen molar-refractivity contribution in [1.29, 1.82) is 0 Å². The minimum absolute atomic E-state index is 0.194. The van der Waals surface area contributed by atoms with Crippen LogP contribution in [0.5, 0.6) is 0 Å². The molecule has 106 valence electrons. The molecule has 2 aliphatic rings. The highest BCUT2D eigenvalue weighted by Gasteiger charge is 2.38. The third kappa shape index (κ3) is 1.95. The van der Waals surface area contributed by atoms with Crippen LogP contribution in [0.4, 0.5) is 0 Å². The van der Waals surface area contributed by atoms with Gasteiger partial charge in [0.05, 0.1) is 11.0 Å². The zero-order valence-corrected chi connectivity index (χ0v) is 12.6. The van der Waals surface area contributed by atoms with E-state index >= 15 is 0 Å². The van der Waals surface area contributed by atoms with Gasteiger partial charge in [-0.15, -0.1) is 0 Å². The van der Waals surface area contributed by atoms with Gasteiger partial charge in [0.25, 0.3) is 0 Å². The van der Waals surface area contributed by atoms with Crippen molar-refractivity contribution in [3.8, 4) is 0 Å². The molecular formula is C16H20ClN3. The van der Waals surface area contributed by atoms with Crippen LogP contribution in [0.1, 0.15) is 44.5 Å². The molecule has 0 amide bonds. The van der Waals surface area contributed by atoms with E-state index in [9.17, 15) is 0 Å². The van der Waals surface area contributed by atoms with Crippen molar-refractivity contribution in [1.82, 2.24) is 14.9 Å². The number of hydrogen-bond donors (Lipinski definition) is 1. The fourth-order valence-electron chi connectivity index (χ4n) is 3.40. The Bertz CT molecular complexity index is 651. The molecule has 0 atom stereocenters. The predicted octanol–water partition coefficient (Wildman–Crippen LogP) is 3.67. The van der Waals surface area contributed by atoms with Crippen LogP contribution >= 0.6 is 11.6 Å². The molecule has 2 aromatic rings. The number of fused-ring (bicyclic) bond motifs is 1. The van der Waals surface area contributed by atoms with E-state index in [-0.39, 0.29) is 5.41 Å². The SMILES string of the molecule is CC1(c2nc3ccc(Cl)cc3n2C2CC2)CCNCC1. The fraction of sp³-hybridized carbons (Fsp3) is 0.562. The lowest BCUT2D eigenvalue weighted by Crippen LogP contribution is -2.39. The Morgan fingerprint density at radius 3 is 2.75 bits per heavy atom. The van der Waals surface area contributed by atoms with Gasteiger partial charge >= 0.3 is 0 Å². The Morgan fingerprint density at radius 2 is 2.05 bits per heavy atom. The molecule has 0 radical (unpaired) electrons. The van der Waals surface area contributed by atoms with Crippen LogP contribution in [-0.4, -0.2) is 22.6 Å². The number of nitrogens with zero attached hydrogens (tertiary/aromatic N) is 2. The first kappa shape index (κ1) is 12.7. The summed E-state index contributed by atoms with van der Waals surface area (Å²) in [4.78, 5) is 4.99. The quantitative estimate of drug-likeness (QED) is 0.914. The van der Waals surface area contributed by atoms with Crippen molar-refractivity contribution in [2.75, 3.05) is 13.1 Å². The van der Waals surface area contributed by atoms with Gasteiger partial charge in [0, 0.05) is 16.5 Å². The van der Waals surface area contributed by atoms with Crippen LogP contribution in [0.15, 0.2) is 18.2 Å². The third-order valence-electron chi connectivity index (χ3n) is 4.81. The maximum Gasteiger partial charge on any atom is 0.116 e. The predicted molar refractivity (Wildman–Crippen MR) is 82.5 cm³/mol. The summed E-state index contributed by atoms with van der Waals surface area (Å²) in [5.41, 5.74) is 2.50. The summed E-state index contributed by atoms with van der Waals surface area (Å²) in [5.74, 6) is 1.28. The highest BCUT2D eigenvalue weighted by Crippen LogP contribution is 2.43. The first-order chi connectivity index (χ1) is 9.67. The normalized spacial score (nSPS) is 22.3. The Labute approximate surface area is 124 Å². The Kier molecular flexibility index (Phi) is 2.83. The summed E-state index contributed by atoms with van der Waals surface area (Å²) in [6, 6.07) is 6.73. The van der Waals surface area contributed by atoms with E-state index in [1.165, 1.54) is 24.2 Å². The Morgan fingerprint density at radius 1 is 1.30 bits per heavy atom. The Balaban J connectivity index is 1.91. The summed E-state index contributed by atoms with van der Waals surface area (Å²) in [5, 5.41) is 4.27. The summed E-state index contributed by atoms with van der Waals surface area (Å²) in [6.45, 7) is 4.55. The molecule has 20 heavy (non-hydrogen) atoms. The molecule has 2 fully saturated rings. The molecule has 1 aromatic heterocycles. The largest absolute Gasteiger partial charge is 0.324 e. The molecule has 0 bridgehead atoms. The lowest BCUT2D eigenvalue weighted by Gasteiger charge is -2.34. The van der Waals surface area contributed by atoms with Crippen molar-refractivity contribution >= 4 is 22.6 Å². The van der Waals surface area contributed by atoms with Crippen molar-refractivity contribution in [2.45, 2.75) is 44.1 Å². The van der Waals surface area contributed by atoms with Crippen molar-refractivity contribution in [2.24, 2.45) is 0 Å². The number of hydrogen-bond acceptors (Lipinski definition) is 2. The Hall–Kier alpha value is -1.06. The van der Waals surface area contributed by atoms with Crippen molar-refractivity contribution in [3.05, 3.63) is 29.0 Å². The van der Waals surface area contributed by atoms with E-state index < -0.39 is 0 Å². The van der Waals surface area contributed by atoms with Crippen molar-refractivity contribution < 1.29 is 0 Å². The molecular weight excluding hydrogens is 270 g/mol. The number of benzene rings is 1. The van der Waals surface area contributed by atoms with E-state index in [0.29, 0.717) is 6.04 Å². The third-order valence-corrected chi connectivity index (χ3v) is 5.05. The zero-order valence-electron chi connectivity index (χ0n) is 11.8. The summed E-state index contributed by atoms with van der Waals surface area (Å²) < 4.78 is 2.48. The van der Waals surface area contributed by atoms with Gasteiger partial charge in [-0.05, 0) is 57.0 Å². The molecule has 2 heterocycles. The maximum atomic E-state index is 6.19. The van der Waals surface area contributed by atoms with Gasteiger partial charge in [0.1, 0.15) is 5.82 Å². The number of nitrogens with one attached hydrogen (secondary N) is 1. The number of piperidine rings is 1. The smallest absolute Gasteiger partial charge is 0.116 e. The van der Waals surface area contributed by atoms with Gasteiger partial charge < -0.3 is 9.88 Å². The van der Waals surface area contributed by atoms with Gasteiger partial charge in [-0.3, -0.25) is 0 Å². The molecule has 3 nitrogen and oxygen atoms in total. The van der Waals surface area contributed by atoms with E-state index in [1.54, 1.807) is 0 Å². The molecule has 1 N–H and O–H groups in total. The molecule has 1 aliphatic carbocycles. The lowest BCUT2D eigenvalue weighted by molar-refractivity contribution is 0.310. The van der Waals surface area contributed by atoms with Gasteiger partial charge in [-0.25, -0.2) is 4.98 Å². The minimum atomic E-state index is 0.194. The molecule has 4 heteroatoms. The van der Waals surface area contributed by atoms with Gasteiger partial charge in [0.2, 0.25) is 0 Å². The van der Waals surface area contributed by atoms with E-state index in [1.807, 2.05) is 6.07 Å². The van der Waals surface area contributed by atoms with Crippen LogP contribution in [-0.2, 0) is 5.41 Å². The average molecular weight is 290 g/mol. The molecule has 0 unspecified atom stereocenters. The summed E-state index contributed by atoms with van der Waals surface area (Å²) >= 11 is 6.19. The molecule has 1 aromatic carbocycles.